The molecule has 5 aliphatic carbocycles. The summed E-state index contributed by atoms with van der Waals surface area (Å²) in [4.78, 5) is 39.5. The Morgan fingerprint density at radius 2 is 1.91 bits per heavy atom. The Morgan fingerprint density at radius 3 is 2.56 bits per heavy atom. The molecule has 0 amide bonds. The Balaban J connectivity index is 1.59. The molecule has 0 radical (unpaired) electrons. The first-order valence-corrected chi connectivity index (χ1v) is 12.5. The summed E-state index contributed by atoms with van der Waals surface area (Å²) in [6.07, 6.45) is 3.74. The van der Waals surface area contributed by atoms with Crippen molar-refractivity contribution in [3.05, 3.63) is 12.2 Å². The highest BCUT2D eigenvalue weighted by Gasteiger charge is 2.88. The molecule has 11 atom stereocenters. The van der Waals surface area contributed by atoms with Crippen molar-refractivity contribution < 1.29 is 28.8 Å². The number of ether oxygens (including phenoxy) is 2. The minimum atomic E-state index is -0.392. The zero-order chi connectivity index (χ0) is 22.8. The third kappa shape index (κ3) is 2.10. The van der Waals surface area contributed by atoms with Crippen molar-refractivity contribution in [3.63, 3.8) is 0 Å². The lowest BCUT2D eigenvalue weighted by Gasteiger charge is -2.63. The normalized spacial score (nSPS) is 54.4. The van der Waals surface area contributed by atoms with Gasteiger partial charge in [0.05, 0.1) is 18.5 Å². The number of hydrogen-bond donors (Lipinski definition) is 1. The predicted molar refractivity (Wildman–Crippen MR) is 115 cm³/mol. The molecule has 6 rings (SSSR count). The third-order valence-electron chi connectivity index (χ3n) is 11.1. The van der Waals surface area contributed by atoms with Crippen LogP contribution in [0.15, 0.2) is 12.2 Å². The van der Waals surface area contributed by atoms with E-state index in [-0.39, 0.29) is 51.9 Å². The lowest BCUT2D eigenvalue weighted by atomic mass is 9.43. The van der Waals surface area contributed by atoms with Gasteiger partial charge in [-0.25, -0.2) is 0 Å². The van der Waals surface area contributed by atoms with Crippen LogP contribution < -0.4 is 4.90 Å². The van der Waals surface area contributed by atoms with E-state index in [9.17, 15) is 14.4 Å². The van der Waals surface area contributed by atoms with Crippen LogP contribution in [0.25, 0.3) is 0 Å². The highest BCUT2D eigenvalue weighted by molar-refractivity contribution is 5.87. The topological polar surface area (TPSA) is 74.1 Å². The molecule has 6 heteroatoms. The number of Topliss-reactive ketones (excluding diaryl/α,β-unsaturated/α-hetero) is 1. The lowest BCUT2D eigenvalue weighted by Crippen LogP contribution is -3.20. The monoisotopic (exact) mass is 442 g/mol. The van der Waals surface area contributed by atoms with Crippen molar-refractivity contribution in [1.29, 1.82) is 0 Å². The molecule has 1 N–H and O–H groups in total. The smallest absolute Gasteiger partial charge is 0.303 e. The number of likely N-dealkylation sites (tertiary alicyclic amines) is 1. The van der Waals surface area contributed by atoms with E-state index in [1.54, 1.807) is 4.90 Å². The van der Waals surface area contributed by atoms with Gasteiger partial charge >= 0.3 is 11.9 Å². The summed E-state index contributed by atoms with van der Waals surface area (Å²) in [7, 11) is 0. The number of fused-ring (bicyclic) bond motifs is 1. The Hall–Kier alpha value is -1.69. The highest BCUT2D eigenvalue weighted by atomic mass is 16.5. The Kier molecular flexibility index (Phi) is 4.08. The molecule has 11 unspecified atom stereocenters. The summed E-state index contributed by atoms with van der Waals surface area (Å²) in [6, 6.07) is 0.343. The number of nitrogens with one attached hydrogen (secondary N) is 1. The maximum Gasteiger partial charge on any atom is 0.303 e. The summed E-state index contributed by atoms with van der Waals surface area (Å²) in [5, 5.41) is 0. The summed E-state index contributed by atoms with van der Waals surface area (Å²) >= 11 is 0. The van der Waals surface area contributed by atoms with Gasteiger partial charge in [0.15, 0.2) is 0 Å². The number of hydrogen-bond acceptors (Lipinski definition) is 5. The van der Waals surface area contributed by atoms with Gasteiger partial charge in [0, 0.05) is 42.9 Å². The summed E-state index contributed by atoms with van der Waals surface area (Å²) in [6.45, 7) is 14.2. The molecule has 6 nitrogen and oxygen atoms in total. The van der Waals surface area contributed by atoms with Crippen molar-refractivity contribution in [3.8, 4) is 0 Å². The number of esters is 2. The van der Waals surface area contributed by atoms with Crippen LogP contribution in [0.3, 0.4) is 0 Å². The quantitative estimate of drug-likeness (QED) is 0.532. The molecule has 2 spiro atoms. The van der Waals surface area contributed by atoms with Gasteiger partial charge < -0.3 is 14.4 Å². The molecule has 1 saturated heterocycles. The molecule has 32 heavy (non-hydrogen) atoms. The average molecular weight is 443 g/mol. The first-order chi connectivity index (χ1) is 15.1. The maximum atomic E-state index is 13.4. The van der Waals surface area contributed by atoms with Crippen molar-refractivity contribution in [2.24, 2.45) is 39.9 Å². The van der Waals surface area contributed by atoms with Crippen molar-refractivity contribution in [1.82, 2.24) is 0 Å². The van der Waals surface area contributed by atoms with Crippen LogP contribution in [0.5, 0.6) is 0 Å². The number of piperidine rings is 1. The number of carbonyl (C=O) groups excluding carboxylic acids is 3. The molecule has 174 valence electrons. The number of quaternary nitrogens is 1. The van der Waals surface area contributed by atoms with Crippen LogP contribution in [0.2, 0.25) is 0 Å². The van der Waals surface area contributed by atoms with Crippen molar-refractivity contribution in [2.75, 3.05) is 13.1 Å². The molecule has 6 aliphatic rings. The van der Waals surface area contributed by atoms with E-state index in [1.807, 2.05) is 0 Å². The fourth-order valence-electron chi connectivity index (χ4n) is 10.7. The van der Waals surface area contributed by atoms with E-state index in [4.69, 9.17) is 9.47 Å². The fourth-order valence-corrected chi connectivity index (χ4v) is 10.7. The van der Waals surface area contributed by atoms with Gasteiger partial charge in [0.2, 0.25) is 0 Å². The van der Waals surface area contributed by atoms with Crippen LogP contribution >= 0.6 is 0 Å². The first-order valence-electron chi connectivity index (χ1n) is 12.5. The number of ketones is 1. The molecule has 1 aliphatic heterocycles. The fraction of sp³-hybridized carbons (Fsp3) is 0.808. The Morgan fingerprint density at radius 1 is 1.19 bits per heavy atom. The van der Waals surface area contributed by atoms with E-state index < -0.39 is 6.10 Å². The maximum absolute atomic E-state index is 13.4. The molecular formula is C26H36NO5+. The molecule has 1 heterocycles. The molecule has 0 aromatic carbocycles. The molecule has 7 bridgehead atoms. The Labute approximate surface area is 190 Å². The molecule has 6 fully saturated rings. The summed E-state index contributed by atoms with van der Waals surface area (Å²) in [5.74, 6) is 0.436. The van der Waals surface area contributed by atoms with Gasteiger partial charge in [0.25, 0.3) is 0 Å². The van der Waals surface area contributed by atoms with Gasteiger partial charge in [-0.15, -0.1) is 0 Å². The molecular weight excluding hydrogens is 406 g/mol. The largest absolute Gasteiger partial charge is 0.462 e. The molecule has 0 aromatic rings. The zero-order valence-corrected chi connectivity index (χ0v) is 19.7. The first kappa shape index (κ1) is 20.9. The molecule has 0 aromatic heterocycles. The van der Waals surface area contributed by atoms with E-state index in [1.165, 1.54) is 13.8 Å². The van der Waals surface area contributed by atoms with Crippen LogP contribution in [-0.2, 0) is 23.9 Å². The van der Waals surface area contributed by atoms with Gasteiger partial charge in [-0.05, 0) is 50.0 Å². The van der Waals surface area contributed by atoms with E-state index in [0.29, 0.717) is 24.3 Å². The van der Waals surface area contributed by atoms with Gasteiger partial charge in [-0.1, -0.05) is 13.5 Å². The average Bonchev–Trinajstić information content (AvgIpc) is 3.24. The zero-order valence-electron chi connectivity index (χ0n) is 19.7. The Bertz CT molecular complexity index is 945. The van der Waals surface area contributed by atoms with Crippen molar-refractivity contribution in [2.45, 2.75) is 78.0 Å². The van der Waals surface area contributed by atoms with Gasteiger partial charge in [0.1, 0.15) is 24.0 Å². The standard InChI is InChI=1S/C26H35NO5/c1-6-27-12-24(5)8-7-21(31-14(3)28)26-19(24)9-17(22(26)27)25-11-16(18(30)10-20(25)26)13(2)23(25)32-15(4)29/h16-17,19-23H,2,6-12H2,1,3-5H3/p+1. The lowest BCUT2D eigenvalue weighted by molar-refractivity contribution is -0.947. The van der Waals surface area contributed by atoms with Crippen LogP contribution in [-0.4, -0.2) is 49.1 Å². The van der Waals surface area contributed by atoms with Crippen LogP contribution in [0.1, 0.15) is 59.8 Å². The third-order valence-corrected chi connectivity index (χ3v) is 11.1. The van der Waals surface area contributed by atoms with Gasteiger partial charge in [-0.3, -0.25) is 14.4 Å². The van der Waals surface area contributed by atoms with Crippen LogP contribution in [0.4, 0.5) is 0 Å². The second kappa shape index (κ2) is 6.25. The SMILES string of the molecule is C=C1C2CC3(C1OC(C)=O)C1CC4C5(C)CCC(OC(C)=O)C4(C1[NH+](CC)C5)C3CC2=O. The minimum absolute atomic E-state index is 0.0851. The number of carbonyl (C=O) groups is 3. The highest BCUT2D eigenvalue weighted by Crippen LogP contribution is 2.81. The predicted octanol–water partition coefficient (Wildman–Crippen LogP) is 1.72. The van der Waals surface area contributed by atoms with E-state index in [2.05, 4.69) is 20.4 Å². The summed E-state index contributed by atoms with van der Waals surface area (Å²) in [5.41, 5.74) is 0.550. The molecule has 5 saturated carbocycles. The van der Waals surface area contributed by atoms with Crippen LogP contribution in [0, 0.1) is 39.9 Å². The van der Waals surface area contributed by atoms with Crippen molar-refractivity contribution >= 4 is 17.7 Å². The minimum Gasteiger partial charge on any atom is -0.462 e. The second-order valence-corrected chi connectivity index (χ2v) is 12.0. The summed E-state index contributed by atoms with van der Waals surface area (Å²) < 4.78 is 12.2. The van der Waals surface area contributed by atoms with Gasteiger partial charge in [-0.2, -0.15) is 0 Å². The number of rotatable bonds is 3. The van der Waals surface area contributed by atoms with E-state index >= 15 is 0 Å². The van der Waals surface area contributed by atoms with E-state index in [0.717, 1.165) is 44.3 Å². The second-order valence-electron chi connectivity index (χ2n) is 12.0.